The molecule has 4 heteroatoms. The molecule has 1 aromatic rings. The van der Waals surface area contributed by atoms with Crippen LogP contribution in [0.3, 0.4) is 0 Å². The van der Waals surface area contributed by atoms with Gasteiger partial charge in [-0.15, -0.1) is 0 Å². The molecular formula is C13H19BrN2O. The molecule has 0 spiro atoms. The second-order valence-corrected chi connectivity index (χ2v) is 5.50. The van der Waals surface area contributed by atoms with Crippen molar-refractivity contribution in [2.45, 2.75) is 13.0 Å². The van der Waals surface area contributed by atoms with Gasteiger partial charge in [-0.1, -0.05) is 22.0 Å². The van der Waals surface area contributed by atoms with Crippen molar-refractivity contribution in [1.82, 2.24) is 5.32 Å². The standard InChI is InChI=1S/C13H19BrN2O/c1-15-7-11-2-3-12(14)6-13(11)16-5-4-10(8-16)9-17/h2-3,6,10,15,17H,4-5,7-9H2,1H3. The first-order valence-electron chi connectivity index (χ1n) is 6.03. The predicted octanol–water partition coefficient (Wildman–Crippen LogP) is 1.99. The summed E-state index contributed by atoms with van der Waals surface area (Å²) in [6.07, 6.45) is 1.09. The number of hydrogen-bond donors (Lipinski definition) is 2. The third-order valence-electron chi connectivity index (χ3n) is 3.30. The van der Waals surface area contributed by atoms with Crippen LogP contribution in [0, 0.1) is 5.92 Å². The number of rotatable bonds is 4. The van der Waals surface area contributed by atoms with E-state index in [9.17, 15) is 5.11 Å². The Hall–Kier alpha value is -0.580. The number of anilines is 1. The second-order valence-electron chi connectivity index (χ2n) is 4.59. The molecule has 0 saturated carbocycles. The normalized spacial score (nSPS) is 19.9. The first-order valence-corrected chi connectivity index (χ1v) is 6.82. The van der Waals surface area contributed by atoms with Crippen LogP contribution in [0.2, 0.25) is 0 Å². The molecule has 1 aliphatic rings. The Bertz CT molecular complexity index is 384. The van der Waals surface area contributed by atoms with Crippen molar-refractivity contribution >= 4 is 21.6 Å². The molecular weight excluding hydrogens is 280 g/mol. The van der Waals surface area contributed by atoms with E-state index in [1.165, 1.54) is 11.3 Å². The molecule has 0 amide bonds. The van der Waals surface area contributed by atoms with Crippen LogP contribution in [0.5, 0.6) is 0 Å². The molecule has 1 unspecified atom stereocenters. The lowest BCUT2D eigenvalue weighted by atomic mass is 10.1. The molecule has 1 atom stereocenters. The quantitative estimate of drug-likeness (QED) is 0.892. The zero-order valence-electron chi connectivity index (χ0n) is 10.1. The Morgan fingerprint density at radius 2 is 2.35 bits per heavy atom. The molecule has 2 N–H and O–H groups in total. The van der Waals surface area contributed by atoms with Gasteiger partial charge in [0.2, 0.25) is 0 Å². The Morgan fingerprint density at radius 3 is 3.00 bits per heavy atom. The van der Waals surface area contributed by atoms with E-state index in [2.05, 4.69) is 44.3 Å². The van der Waals surface area contributed by atoms with Crippen molar-refractivity contribution < 1.29 is 5.11 Å². The molecule has 1 fully saturated rings. The lowest BCUT2D eigenvalue weighted by molar-refractivity contribution is 0.238. The van der Waals surface area contributed by atoms with E-state index in [0.717, 1.165) is 30.5 Å². The fourth-order valence-corrected chi connectivity index (χ4v) is 2.72. The third kappa shape index (κ3) is 3.00. The molecule has 0 aromatic heterocycles. The van der Waals surface area contributed by atoms with E-state index in [4.69, 9.17) is 0 Å². The van der Waals surface area contributed by atoms with Gasteiger partial charge < -0.3 is 15.3 Å². The molecule has 1 aliphatic heterocycles. The van der Waals surface area contributed by atoms with E-state index >= 15 is 0 Å². The van der Waals surface area contributed by atoms with E-state index in [1.807, 2.05) is 7.05 Å². The molecule has 0 bridgehead atoms. The minimum Gasteiger partial charge on any atom is -0.396 e. The van der Waals surface area contributed by atoms with Crippen LogP contribution >= 0.6 is 15.9 Å². The molecule has 3 nitrogen and oxygen atoms in total. The minimum atomic E-state index is 0.297. The average Bonchev–Trinajstić information content (AvgIpc) is 2.80. The topological polar surface area (TPSA) is 35.5 Å². The minimum absolute atomic E-state index is 0.297. The van der Waals surface area contributed by atoms with Gasteiger partial charge in [0.15, 0.2) is 0 Å². The largest absolute Gasteiger partial charge is 0.396 e. The second kappa shape index (κ2) is 5.85. The van der Waals surface area contributed by atoms with Gasteiger partial charge in [-0.2, -0.15) is 0 Å². The van der Waals surface area contributed by atoms with Crippen molar-refractivity contribution in [2.75, 3.05) is 31.6 Å². The highest BCUT2D eigenvalue weighted by atomic mass is 79.9. The van der Waals surface area contributed by atoms with Gasteiger partial charge in [0.25, 0.3) is 0 Å². The Labute approximate surface area is 111 Å². The smallest absolute Gasteiger partial charge is 0.0476 e. The summed E-state index contributed by atoms with van der Waals surface area (Å²) in [6, 6.07) is 6.41. The van der Waals surface area contributed by atoms with Crippen LogP contribution in [-0.4, -0.2) is 31.9 Å². The fourth-order valence-electron chi connectivity index (χ4n) is 2.37. The Kier molecular flexibility index (Phi) is 4.42. The number of benzene rings is 1. The van der Waals surface area contributed by atoms with E-state index in [0.29, 0.717) is 12.5 Å². The maximum Gasteiger partial charge on any atom is 0.0476 e. The van der Waals surface area contributed by atoms with Crippen LogP contribution in [0.1, 0.15) is 12.0 Å². The Balaban J connectivity index is 2.21. The zero-order chi connectivity index (χ0) is 12.3. The van der Waals surface area contributed by atoms with Crippen LogP contribution < -0.4 is 10.2 Å². The van der Waals surface area contributed by atoms with E-state index in [1.54, 1.807) is 0 Å². The summed E-state index contributed by atoms with van der Waals surface area (Å²) in [4.78, 5) is 2.37. The summed E-state index contributed by atoms with van der Waals surface area (Å²) < 4.78 is 1.11. The van der Waals surface area contributed by atoms with Crippen LogP contribution in [-0.2, 0) is 6.54 Å². The molecule has 1 saturated heterocycles. The van der Waals surface area contributed by atoms with Gasteiger partial charge in [-0.05, 0) is 31.2 Å². The lowest BCUT2D eigenvalue weighted by Crippen LogP contribution is -2.23. The molecule has 94 valence electrons. The average molecular weight is 299 g/mol. The monoisotopic (exact) mass is 298 g/mol. The predicted molar refractivity (Wildman–Crippen MR) is 74.3 cm³/mol. The van der Waals surface area contributed by atoms with E-state index in [-0.39, 0.29) is 0 Å². The van der Waals surface area contributed by atoms with Gasteiger partial charge in [0, 0.05) is 42.3 Å². The maximum atomic E-state index is 9.21. The van der Waals surface area contributed by atoms with Crippen molar-refractivity contribution in [3.63, 3.8) is 0 Å². The highest BCUT2D eigenvalue weighted by Gasteiger charge is 2.23. The molecule has 1 aromatic carbocycles. The number of hydrogen-bond acceptors (Lipinski definition) is 3. The number of halogens is 1. The molecule has 2 rings (SSSR count). The molecule has 17 heavy (non-hydrogen) atoms. The van der Waals surface area contributed by atoms with Gasteiger partial charge in [-0.25, -0.2) is 0 Å². The number of nitrogens with one attached hydrogen (secondary N) is 1. The van der Waals surface area contributed by atoms with Crippen molar-refractivity contribution in [2.24, 2.45) is 5.92 Å². The highest BCUT2D eigenvalue weighted by Crippen LogP contribution is 2.29. The SMILES string of the molecule is CNCc1ccc(Br)cc1N1CCC(CO)C1. The summed E-state index contributed by atoms with van der Waals surface area (Å²) in [5.74, 6) is 0.427. The van der Waals surface area contributed by atoms with Crippen molar-refractivity contribution in [1.29, 1.82) is 0 Å². The molecule has 0 aliphatic carbocycles. The van der Waals surface area contributed by atoms with Crippen molar-refractivity contribution in [3.05, 3.63) is 28.2 Å². The first-order chi connectivity index (χ1) is 8.24. The van der Waals surface area contributed by atoms with Gasteiger partial charge >= 0.3 is 0 Å². The summed E-state index contributed by atoms with van der Waals surface area (Å²) in [5, 5.41) is 12.4. The highest BCUT2D eigenvalue weighted by molar-refractivity contribution is 9.10. The van der Waals surface area contributed by atoms with Crippen molar-refractivity contribution in [3.8, 4) is 0 Å². The number of aliphatic hydroxyl groups excluding tert-OH is 1. The zero-order valence-corrected chi connectivity index (χ0v) is 11.7. The fraction of sp³-hybridized carbons (Fsp3) is 0.538. The van der Waals surface area contributed by atoms with Gasteiger partial charge in [0.1, 0.15) is 0 Å². The van der Waals surface area contributed by atoms with Crippen LogP contribution in [0.15, 0.2) is 22.7 Å². The first kappa shape index (κ1) is 12.9. The van der Waals surface area contributed by atoms with Gasteiger partial charge in [-0.3, -0.25) is 0 Å². The number of aliphatic hydroxyl groups is 1. The summed E-state index contributed by atoms with van der Waals surface area (Å²) >= 11 is 3.53. The van der Waals surface area contributed by atoms with E-state index < -0.39 is 0 Å². The maximum absolute atomic E-state index is 9.21. The summed E-state index contributed by atoms with van der Waals surface area (Å²) in [7, 11) is 1.96. The summed E-state index contributed by atoms with van der Waals surface area (Å²) in [6.45, 7) is 3.18. The summed E-state index contributed by atoms with van der Waals surface area (Å²) in [5.41, 5.74) is 2.60. The third-order valence-corrected chi connectivity index (χ3v) is 3.79. The lowest BCUT2D eigenvalue weighted by Gasteiger charge is -2.22. The van der Waals surface area contributed by atoms with Crippen LogP contribution in [0.25, 0.3) is 0 Å². The number of nitrogens with zero attached hydrogens (tertiary/aromatic N) is 1. The Morgan fingerprint density at radius 1 is 1.53 bits per heavy atom. The van der Waals surface area contributed by atoms with Gasteiger partial charge in [0.05, 0.1) is 0 Å². The molecule has 0 radical (unpaired) electrons. The van der Waals surface area contributed by atoms with Crippen LogP contribution in [0.4, 0.5) is 5.69 Å². The molecule has 1 heterocycles.